The highest BCUT2D eigenvalue weighted by atomic mass is 19.1. The number of morpholine rings is 1. The minimum Gasteiger partial charge on any atom is -0.501 e. The summed E-state index contributed by atoms with van der Waals surface area (Å²) in [5.74, 6) is -1.47. The standard InChI is InChI=1S/C17H19FN4O4/c1-21-16(25)14(23)13(20-17(21)22-6-8-26-9-7-22)15(24)19-10-11-2-4-12(18)5-3-11/h2-5,23H,6-10H2,1H3,(H,19,24). The Morgan fingerprint density at radius 1 is 1.31 bits per heavy atom. The predicted octanol–water partition coefficient (Wildman–Crippen LogP) is 0.392. The predicted molar refractivity (Wildman–Crippen MR) is 91.7 cm³/mol. The van der Waals surface area contributed by atoms with Crippen LogP contribution in [0, 0.1) is 5.82 Å². The van der Waals surface area contributed by atoms with Crippen LogP contribution in [0.15, 0.2) is 29.1 Å². The number of amides is 1. The van der Waals surface area contributed by atoms with Crippen molar-refractivity contribution in [3.05, 3.63) is 51.7 Å². The number of carbonyl (C=O) groups is 1. The number of hydrogen-bond donors (Lipinski definition) is 2. The van der Waals surface area contributed by atoms with Crippen LogP contribution in [0.1, 0.15) is 16.1 Å². The van der Waals surface area contributed by atoms with Gasteiger partial charge in [0.1, 0.15) is 5.82 Å². The van der Waals surface area contributed by atoms with Gasteiger partial charge < -0.3 is 20.1 Å². The van der Waals surface area contributed by atoms with Crippen LogP contribution < -0.4 is 15.8 Å². The monoisotopic (exact) mass is 362 g/mol. The average Bonchev–Trinajstić information content (AvgIpc) is 2.66. The van der Waals surface area contributed by atoms with E-state index in [-0.39, 0.29) is 18.1 Å². The van der Waals surface area contributed by atoms with Crippen molar-refractivity contribution in [2.45, 2.75) is 6.54 Å². The van der Waals surface area contributed by atoms with Gasteiger partial charge in [0.25, 0.3) is 11.5 Å². The van der Waals surface area contributed by atoms with Gasteiger partial charge in [-0.3, -0.25) is 14.2 Å². The molecule has 0 aliphatic carbocycles. The van der Waals surface area contributed by atoms with Crippen molar-refractivity contribution in [2.75, 3.05) is 31.2 Å². The molecular formula is C17H19FN4O4. The highest BCUT2D eigenvalue weighted by molar-refractivity contribution is 5.95. The molecule has 1 aromatic carbocycles. The fourth-order valence-electron chi connectivity index (χ4n) is 2.65. The number of nitrogens with zero attached hydrogens (tertiary/aromatic N) is 3. The Morgan fingerprint density at radius 2 is 1.96 bits per heavy atom. The summed E-state index contributed by atoms with van der Waals surface area (Å²) >= 11 is 0. The Kier molecular flexibility index (Phi) is 5.17. The van der Waals surface area contributed by atoms with E-state index >= 15 is 0 Å². The van der Waals surface area contributed by atoms with E-state index in [1.807, 2.05) is 4.90 Å². The first-order valence-corrected chi connectivity index (χ1v) is 8.12. The summed E-state index contributed by atoms with van der Waals surface area (Å²) in [6, 6.07) is 5.64. The van der Waals surface area contributed by atoms with Crippen LogP contribution in [-0.4, -0.2) is 46.9 Å². The number of aromatic hydroxyl groups is 1. The SMILES string of the molecule is Cn1c(N2CCOCC2)nc(C(=O)NCc2ccc(F)cc2)c(O)c1=O. The Morgan fingerprint density at radius 3 is 2.62 bits per heavy atom. The van der Waals surface area contributed by atoms with Crippen molar-refractivity contribution in [2.24, 2.45) is 7.05 Å². The molecule has 1 aliphatic rings. The quantitative estimate of drug-likeness (QED) is 0.817. The molecule has 0 bridgehead atoms. The van der Waals surface area contributed by atoms with Gasteiger partial charge in [0.15, 0.2) is 5.69 Å². The van der Waals surface area contributed by atoms with E-state index in [0.29, 0.717) is 37.8 Å². The van der Waals surface area contributed by atoms with Crippen LogP contribution >= 0.6 is 0 Å². The van der Waals surface area contributed by atoms with E-state index in [0.717, 1.165) is 0 Å². The number of ether oxygens (including phenoxy) is 1. The van der Waals surface area contributed by atoms with Gasteiger partial charge in [0.2, 0.25) is 11.7 Å². The van der Waals surface area contributed by atoms with Crippen molar-refractivity contribution in [1.82, 2.24) is 14.9 Å². The molecule has 8 nitrogen and oxygen atoms in total. The number of rotatable bonds is 4. The third kappa shape index (κ3) is 3.67. The molecule has 26 heavy (non-hydrogen) atoms. The number of aromatic nitrogens is 2. The highest BCUT2D eigenvalue weighted by Gasteiger charge is 2.23. The maximum absolute atomic E-state index is 12.9. The third-order valence-corrected chi connectivity index (χ3v) is 4.12. The summed E-state index contributed by atoms with van der Waals surface area (Å²) < 4.78 is 19.4. The van der Waals surface area contributed by atoms with Crippen LogP contribution in [0.25, 0.3) is 0 Å². The zero-order chi connectivity index (χ0) is 18.7. The first kappa shape index (κ1) is 17.9. The lowest BCUT2D eigenvalue weighted by Gasteiger charge is -2.29. The molecule has 2 heterocycles. The molecule has 3 rings (SSSR count). The topological polar surface area (TPSA) is 96.7 Å². The zero-order valence-electron chi connectivity index (χ0n) is 14.2. The van der Waals surface area contributed by atoms with Crippen molar-refractivity contribution in [3.63, 3.8) is 0 Å². The summed E-state index contributed by atoms with van der Waals surface area (Å²) in [7, 11) is 1.49. The number of hydrogen-bond acceptors (Lipinski definition) is 6. The Bertz CT molecular complexity index is 860. The molecule has 138 valence electrons. The fraction of sp³-hybridized carbons (Fsp3) is 0.353. The molecule has 0 spiro atoms. The Balaban J connectivity index is 1.83. The van der Waals surface area contributed by atoms with Crippen LogP contribution in [0.5, 0.6) is 5.75 Å². The number of halogens is 1. The summed E-state index contributed by atoms with van der Waals surface area (Å²) in [6.45, 7) is 2.15. The summed E-state index contributed by atoms with van der Waals surface area (Å²) in [4.78, 5) is 30.7. The normalized spacial score (nSPS) is 14.3. The second kappa shape index (κ2) is 7.52. The third-order valence-electron chi connectivity index (χ3n) is 4.12. The molecule has 1 saturated heterocycles. The molecule has 1 amide bonds. The molecule has 2 aromatic rings. The molecular weight excluding hydrogens is 343 g/mol. The molecule has 1 aromatic heterocycles. The van der Waals surface area contributed by atoms with E-state index in [2.05, 4.69) is 10.3 Å². The van der Waals surface area contributed by atoms with Gasteiger partial charge >= 0.3 is 0 Å². The van der Waals surface area contributed by atoms with Crippen molar-refractivity contribution < 1.29 is 19.0 Å². The van der Waals surface area contributed by atoms with Crippen LogP contribution in [0.4, 0.5) is 10.3 Å². The molecule has 0 atom stereocenters. The lowest BCUT2D eigenvalue weighted by molar-refractivity contribution is 0.0942. The van der Waals surface area contributed by atoms with Gasteiger partial charge in [-0.15, -0.1) is 0 Å². The largest absolute Gasteiger partial charge is 0.501 e. The van der Waals surface area contributed by atoms with Crippen molar-refractivity contribution in [1.29, 1.82) is 0 Å². The maximum atomic E-state index is 12.9. The Hall–Kier alpha value is -2.94. The van der Waals surface area contributed by atoms with Gasteiger partial charge in [-0.05, 0) is 17.7 Å². The van der Waals surface area contributed by atoms with Gasteiger partial charge in [0.05, 0.1) is 13.2 Å². The lowest BCUT2D eigenvalue weighted by Crippen LogP contribution is -2.41. The first-order valence-electron chi connectivity index (χ1n) is 8.12. The molecule has 1 aliphatic heterocycles. The van der Waals surface area contributed by atoms with E-state index in [1.165, 1.54) is 35.9 Å². The van der Waals surface area contributed by atoms with Gasteiger partial charge in [-0.2, -0.15) is 0 Å². The second-order valence-corrected chi connectivity index (χ2v) is 5.88. The molecule has 9 heteroatoms. The van der Waals surface area contributed by atoms with Crippen LogP contribution in [0.2, 0.25) is 0 Å². The summed E-state index contributed by atoms with van der Waals surface area (Å²) in [6.07, 6.45) is 0. The summed E-state index contributed by atoms with van der Waals surface area (Å²) in [5.41, 5.74) is -0.360. The van der Waals surface area contributed by atoms with Gasteiger partial charge in [-0.1, -0.05) is 12.1 Å². The molecule has 0 radical (unpaired) electrons. The first-order chi connectivity index (χ1) is 12.5. The van der Waals surface area contributed by atoms with E-state index in [1.54, 1.807) is 0 Å². The van der Waals surface area contributed by atoms with Crippen LogP contribution in [0.3, 0.4) is 0 Å². The zero-order valence-corrected chi connectivity index (χ0v) is 14.2. The minimum atomic E-state index is -0.707. The number of anilines is 1. The smallest absolute Gasteiger partial charge is 0.297 e. The molecule has 1 fully saturated rings. The number of benzene rings is 1. The molecule has 0 saturated carbocycles. The van der Waals surface area contributed by atoms with Gasteiger partial charge in [-0.25, -0.2) is 9.37 Å². The van der Waals surface area contributed by atoms with Crippen molar-refractivity contribution >= 4 is 11.9 Å². The minimum absolute atomic E-state index is 0.113. The van der Waals surface area contributed by atoms with E-state index in [4.69, 9.17) is 4.74 Å². The summed E-state index contributed by atoms with van der Waals surface area (Å²) in [5, 5.41) is 12.6. The fourth-order valence-corrected chi connectivity index (χ4v) is 2.65. The van der Waals surface area contributed by atoms with Gasteiger partial charge in [0, 0.05) is 26.7 Å². The highest BCUT2D eigenvalue weighted by Crippen LogP contribution is 2.16. The van der Waals surface area contributed by atoms with Crippen LogP contribution in [-0.2, 0) is 18.3 Å². The molecule has 2 N–H and O–H groups in total. The maximum Gasteiger partial charge on any atom is 0.297 e. The second-order valence-electron chi connectivity index (χ2n) is 5.88. The Labute approximate surface area is 148 Å². The molecule has 0 unspecified atom stereocenters. The van der Waals surface area contributed by atoms with E-state index in [9.17, 15) is 19.1 Å². The number of nitrogens with one attached hydrogen (secondary N) is 1. The lowest BCUT2D eigenvalue weighted by atomic mass is 10.2. The van der Waals surface area contributed by atoms with E-state index < -0.39 is 17.2 Å². The van der Waals surface area contributed by atoms with Crippen molar-refractivity contribution in [3.8, 4) is 5.75 Å². The average molecular weight is 362 g/mol. The number of carbonyl (C=O) groups excluding carboxylic acids is 1.